The molecule has 0 fully saturated rings. The van der Waals surface area contributed by atoms with Gasteiger partial charge >= 0.3 is 0 Å². The van der Waals surface area contributed by atoms with Crippen LogP contribution in [0.2, 0.25) is 0 Å². The monoisotopic (exact) mass is 257 g/mol. The van der Waals surface area contributed by atoms with E-state index in [1.54, 1.807) is 7.11 Å². The molecule has 0 amide bonds. The van der Waals surface area contributed by atoms with Gasteiger partial charge in [0.1, 0.15) is 0 Å². The van der Waals surface area contributed by atoms with Crippen LogP contribution >= 0.6 is 0 Å². The molecule has 0 spiro atoms. The molecule has 1 heterocycles. The quantitative estimate of drug-likeness (QED) is 0.864. The number of benzene rings is 1. The molecule has 2 rings (SSSR count). The van der Waals surface area contributed by atoms with Crippen molar-refractivity contribution in [1.82, 2.24) is 9.97 Å². The molecule has 19 heavy (non-hydrogen) atoms. The van der Waals surface area contributed by atoms with Crippen molar-refractivity contribution in [3.05, 3.63) is 42.7 Å². The Morgan fingerprint density at radius 1 is 1.16 bits per heavy atom. The molecule has 0 radical (unpaired) electrons. The molecule has 100 valence electrons. The first-order chi connectivity index (χ1) is 9.29. The van der Waals surface area contributed by atoms with Crippen molar-refractivity contribution in [2.24, 2.45) is 5.92 Å². The predicted molar refractivity (Wildman–Crippen MR) is 77.0 cm³/mol. The largest absolute Gasteiger partial charge is 0.384 e. The van der Waals surface area contributed by atoms with Crippen molar-refractivity contribution in [1.29, 1.82) is 0 Å². The third kappa shape index (κ3) is 4.03. The maximum absolute atomic E-state index is 5.10. The lowest BCUT2D eigenvalue weighted by molar-refractivity contribution is 0.164. The smallest absolute Gasteiger partial charge is 0.159 e. The highest BCUT2D eigenvalue weighted by atomic mass is 16.5. The normalized spacial score (nSPS) is 12.1. The third-order valence-corrected chi connectivity index (χ3v) is 2.79. The highest BCUT2D eigenvalue weighted by molar-refractivity contribution is 5.55. The van der Waals surface area contributed by atoms with Crippen molar-refractivity contribution in [3.63, 3.8) is 0 Å². The number of aromatic nitrogens is 2. The molecule has 4 heteroatoms. The second-order valence-corrected chi connectivity index (χ2v) is 4.60. The Kier molecular flexibility index (Phi) is 4.86. The van der Waals surface area contributed by atoms with Crippen LogP contribution < -0.4 is 5.32 Å². The molecule has 1 atom stereocenters. The van der Waals surface area contributed by atoms with Crippen LogP contribution in [0.4, 0.5) is 5.69 Å². The minimum atomic E-state index is 0.457. The highest BCUT2D eigenvalue weighted by Crippen LogP contribution is 2.14. The first-order valence-electron chi connectivity index (χ1n) is 6.40. The first-order valence-corrected chi connectivity index (χ1v) is 6.40. The van der Waals surface area contributed by atoms with Gasteiger partial charge in [-0.05, 0) is 5.92 Å². The first kappa shape index (κ1) is 13.5. The van der Waals surface area contributed by atoms with Gasteiger partial charge in [0.15, 0.2) is 5.82 Å². The molecule has 1 unspecified atom stereocenters. The Hall–Kier alpha value is -1.94. The molecular weight excluding hydrogens is 238 g/mol. The van der Waals surface area contributed by atoms with Crippen LogP contribution in [0.5, 0.6) is 0 Å². The molecular formula is C15H19N3O. The van der Waals surface area contributed by atoms with E-state index >= 15 is 0 Å². The fourth-order valence-electron chi connectivity index (χ4n) is 1.79. The summed E-state index contributed by atoms with van der Waals surface area (Å²) in [5.74, 6) is 1.20. The summed E-state index contributed by atoms with van der Waals surface area (Å²) >= 11 is 0. The molecule has 1 aromatic carbocycles. The molecule has 0 aliphatic heterocycles. The lowest BCUT2D eigenvalue weighted by Gasteiger charge is -2.12. The summed E-state index contributed by atoms with van der Waals surface area (Å²) in [4.78, 5) is 8.74. The number of hydrogen-bond donors (Lipinski definition) is 1. The molecule has 1 N–H and O–H groups in total. The lowest BCUT2D eigenvalue weighted by Crippen LogP contribution is -2.16. The summed E-state index contributed by atoms with van der Waals surface area (Å²) in [6.45, 7) is 3.73. The number of rotatable bonds is 6. The van der Waals surface area contributed by atoms with Gasteiger partial charge in [-0.1, -0.05) is 37.3 Å². The van der Waals surface area contributed by atoms with Gasteiger partial charge in [0, 0.05) is 19.2 Å². The number of nitrogens with zero attached hydrogens (tertiary/aromatic N) is 2. The van der Waals surface area contributed by atoms with Gasteiger partial charge < -0.3 is 10.1 Å². The molecule has 0 bridgehead atoms. The summed E-state index contributed by atoms with van der Waals surface area (Å²) in [5, 5.41) is 3.30. The van der Waals surface area contributed by atoms with Gasteiger partial charge in [-0.25, -0.2) is 9.97 Å². The summed E-state index contributed by atoms with van der Waals surface area (Å²) in [6.07, 6.45) is 3.63. The van der Waals surface area contributed by atoms with Crippen LogP contribution in [-0.2, 0) is 4.74 Å². The van der Waals surface area contributed by atoms with E-state index in [0.29, 0.717) is 5.92 Å². The zero-order valence-electron chi connectivity index (χ0n) is 11.3. The minimum Gasteiger partial charge on any atom is -0.384 e. The van der Waals surface area contributed by atoms with Crippen molar-refractivity contribution in [2.45, 2.75) is 6.92 Å². The van der Waals surface area contributed by atoms with Gasteiger partial charge in [0.25, 0.3) is 0 Å². The van der Waals surface area contributed by atoms with Crippen molar-refractivity contribution in [3.8, 4) is 11.4 Å². The number of methoxy groups -OCH3 is 1. The second-order valence-electron chi connectivity index (χ2n) is 4.60. The maximum Gasteiger partial charge on any atom is 0.159 e. The van der Waals surface area contributed by atoms with Gasteiger partial charge in [-0.15, -0.1) is 0 Å². The van der Waals surface area contributed by atoms with E-state index in [-0.39, 0.29) is 0 Å². The molecule has 2 aromatic rings. The Labute approximate surface area is 113 Å². The lowest BCUT2D eigenvalue weighted by atomic mass is 10.2. The zero-order chi connectivity index (χ0) is 13.5. The van der Waals surface area contributed by atoms with E-state index in [2.05, 4.69) is 22.2 Å². The Balaban J connectivity index is 1.95. The van der Waals surface area contributed by atoms with E-state index in [9.17, 15) is 0 Å². The standard InChI is InChI=1S/C15H19N3O/c1-12(11-19-2)8-16-14-9-17-15(18-10-14)13-6-4-3-5-7-13/h3-7,9-10,12,16H,8,11H2,1-2H3. The fourth-order valence-corrected chi connectivity index (χ4v) is 1.79. The van der Waals surface area contributed by atoms with Crippen molar-refractivity contribution < 1.29 is 4.74 Å². The van der Waals surface area contributed by atoms with Gasteiger partial charge in [-0.2, -0.15) is 0 Å². The Morgan fingerprint density at radius 2 is 1.84 bits per heavy atom. The zero-order valence-corrected chi connectivity index (χ0v) is 11.3. The Bertz CT molecular complexity index is 485. The molecule has 0 saturated carbocycles. The van der Waals surface area contributed by atoms with Crippen LogP contribution in [0.15, 0.2) is 42.7 Å². The van der Waals surface area contributed by atoms with Crippen molar-refractivity contribution >= 4 is 5.69 Å². The van der Waals surface area contributed by atoms with Crippen LogP contribution in [-0.4, -0.2) is 30.2 Å². The number of anilines is 1. The topological polar surface area (TPSA) is 47.0 Å². The van der Waals surface area contributed by atoms with E-state index < -0.39 is 0 Å². The van der Waals surface area contributed by atoms with Gasteiger partial charge in [0.2, 0.25) is 0 Å². The summed E-state index contributed by atoms with van der Waals surface area (Å²) in [6, 6.07) is 9.96. The average Bonchev–Trinajstić information content (AvgIpc) is 2.47. The number of nitrogens with one attached hydrogen (secondary N) is 1. The molecule has 4 nitrogen and oxygen atoms in total. The van der Waals surface area contributed by atoms with E-state index in [1.807, 2.05) is 42.7 Å². The molecule has 0 aliphatic rings. The number of hydrogen-bond acceptors (Lipinski definition) is 4. The predicted octanol–water partition coefficient (Wildman–Crippen LogP) is 2.84. The Morgan fingerprint density at radius 3 is 2.47 bits per heavy atom. The second kappa shape index (κ2) is 6.85. The average molecular weight is 257 g/mol. The summed E-state index contributed by atoms with van der Waals surface area (Å²) in [5.41, 5.74) is 1.96. The summed E-state index contributed by atoms with van der Waals surface area (Å²) in [7, 11) is 1.72. The SMILES string of the molecule is COCC(C)CNc1cnc(-c2ccccc2)nc1. The maximum atomic E-state index is 5.10. The molecule has 0 aliphatic carbocycles. The van der Waals surface area contributed by atoms with Gasteiger partial charge in [0.05, 0.1) is 24.7 Å². The molecule has 0 saturated heterocycles. The minimum absolute atomic E-state index is 0.457. The molecule has 1 aromatic heterocycles. The third-order valence-electron chi connectivity index (χ3n) is 2.79. The van der Waals surface area contributed by atoms with Crippen LogP contribution in [0, 0.1) is 5.92 Å². The van der Waals surface area contributed by atoms with Crippen LogP contribution in [0.25, 0.3) is 11.4 Å². The summed E-state index contributed by atoms with van der Waals surface area (Å²) < 4.78 is 5.10. The van der Waals surface area contributed by atoms with E-state index in [1.165, 1.54) is 0 Å². The van der Waals surface area contributed by atoms with Crippen molar-refractivity contribution in [2.75, 3.05) is 25.6 Å². The fraction of sp³-hybridized carbons (Fsp3) is 0.333. The van der Waals surface area contributed by atoms with Gasteiger partial charge in [-0.3, -0.25) is 0 Å². The van der Waals surface area contributed by atoms with Crippen LogP contribution in [0.1, 0.15) is 6.92 Å². The van der Waals surface area contributed by atoms with Crippen LogP contribution in [0.3, 0.4) is 0 Å². The van der Waals surface area contributed by atoms with E-state index in [4.69, 9.17) is 4.74 Å². The number of ether oxygens (including phenoxy) is 1. The highest BCUT2D eigenvalue weighted by Gasteiger charge is 2.03. The van der Waals surface area contributed by atoms with E-state index in [0.717, 1.165) is 30.2 Å².